The zero-order valence-corrected chi connectivity index (χ0v) is 17.5. The summed E-state index contributed by atoms with van der Waals surface area (Å²) in [5.41, 5.74) is 2.46. The molecule has 8 heteroatoms. The molecule has 0 aliphatic carbocycles. The number of nitrogens with zero attached hydrogens (tertiary/aromatic N) is 1. The van der Waals surface area contributed by atoms with Gasteiger partial charge in [0.05, 0.1) is 17.7 Å². The molecule has 1 amide bonds. The number of carbonyl (C=O) groups is 2. The van der Waals surface area contributed by atoms with Crippen molar-refractivity contribution >= 4 is 39.8 Å². The number of thiophene rings is 1. The molecule has 1 aromatic carbocycles. The summed E-state index contributed by atoms with van der Waals surface area (Å²) in [5.74, 6) is -0.552. The van der Waals surface area contributed by atoms with Gasteiger partial charge in [0.1, 0.15) is 22.0 Å². The van der Waals surface area contributed by atoms with Crippen LogP contribution in [0.3, 0.4) is 0 Å². The van der Waals surface area contributed by atoms with Gasteiger partial charge in [0.2, 0.25) is 0 Å². The molecule has 1 N–H and O–H groups in total. The van der Waals surface area contributed by atoms with Crippen molar-refractivity contribution in [2.75, 3.05) is 12.4 Å². The van der Waals surface area contributed by atoms with Crippen LogP contribution in [0.15, 0.2) is 28.8 Å². The van der Waals surface area contributed by atoms with Crippen LogP contribution in [-0.2, 0) is 11.2 Å². The molecule has 0 aliphatic rings. The summed E-state index contributed by atoms with van der Waals surface area (Å²) in [5, 5.41) is 7.74. The van der Waals surface area contributed by atoms with Gasteiger partial charge < -0.3 is 14.6 Å². The lowest BCUT2D eigenvalue weighted by molar-refractivity contribution is 0.0601. The number of hydrogen-bond donors (Lipinski definition) is 1. The van der Waals surface area contributed by atoms with Gasteiger partial charge in [0.25, 0.3) is 5.91 Å². The zero-order chi connectivity index (χ0) is 20.4. The lowest BCUT2D eigenvalue weighted by Crippen LogP contribution is -2.15. The molecule has 3 aromatic rings. The molecule has 0 fully saturated rings. The third-order valence-corrected chi connectivity index (χ3v) is 5.79. The van der Waals surface area contributed by atoms with Crippen LogP contribution in [0.2, 0.25) is 5.02 Å². The van der Waals surface area contributed by atoms with Crippen LogP contribution in [-0.4, -0.2) is 24.1 Å². The lowest BCUT2D eigenvalue weighted by atomic mass is 10.1. The fraction of sp³-hybridized carbons (Fsp3) is 0.250. The number of methoxy groups -OCH3 is 1. The van der Waals surface area contributed by atoms with Crippen molar-refractivity contribution in [3.05, 3.63) is 56.6 Å². The van der Waals surface area contributed by atoms with Crippen LogP contribution in [0.25, 0.3) is 11.3 Å². The Morgan fingerprint density at radius 1 is 1.25 bits per heavy atom. The summed E-state index contributed by atoms with van der Waals surface area (Å²) in [6.07, 6.45) is 0.653. The molecule has 0 spiro atoms. The maximum Gasteiger partial charge on any atom is 0.341 e. The minimum atomic E-state index is -0.482. The van der Waals surface area contributed by atoms with Crippen molar-refractivity contribution in [1.82, 2.24) is 5.16 Å². The Bertz CT molecular complexity index is 1050. The molecule has 0 saturated heterocycles. The Balaban J connectivity index is 2.04. The first-order valence-corrected chi connectivity index (χ1v) is 9.81. The van der Waals surface area contributed by atoms with Gasteiger partial charge in [0, 0.05) is 10.4 Å². The molecule has 0 bridgehead atoms. The van der Waals surface area contributed by atoms with Gasteiger partial charge in [-0.25, -0.2) is 4.79 Å². The van der Waals surface area contributed by atoms with Gasteiger partial charge >= 0.3 is 5.97 Å². The van der Waals surface area contributed by atoms with Crippen molar-refractivity contribution in [2.45, 2.75) is 27.2 Å². The van der Waals surface area contributed by atoms with Crippen LogP contribution in [0.4, 0.5) is 5.00 Å². The highest BCUT2D eigenvalue weighted by Crippen LogP contribution is 2.36. The molecule has 2 aromatic heterocycles. The number of ether oxygens (including phenoxy) is 1. The van der Waals surface area contributed by atoms with E-state index in [4.69, 9.17) is 20.9 Å². The van der Waals surface area contributed by atoms with Gasteiger partial charge in [-0.3, -0.25) is 4.79 Å². The van der Waals surface area contributed by atoms with Gasteiger partial charge in [-0.05, 0) is 31.9 Å². The van der Waals surface area contributed by atoms with Crippen LogP contribution in [0.1, 0.15) is 43.8 Å². The number of anilines is 1. The Labute approximate surface area is 171 Å². The number of nitrogens with one attached hydrogen (secondary N) is 1. The van der Waals surface area contributed by atoms with E-state index in [1.165, 1.54) is 18.4 Å². The standard InChI is InChI=1S/C20H19ClN2O4S/c1-5-12-11(3)28-19(16(12)20(25)26-4)22-18(24)15-10(2)27-23-17(15)13-8-6-7-9-14(13)21/h6-9H,5H2,1-4H3,(H,22,24). The van der Waals surface area contributed by atoms with E-state index in [1.54, 1.807) is 31.2 Å². The van der Waals surface area contributed by atoms with Gasteiger partial charge in [-0.2, -0.15) is 0 Å². The number of amides is 1. The largest absolute Gasteiger partial charge is 0.465 e. The first-order valence-electron chi connectivity index (χ1n) is 8.62. The third-order valence-electron chi connectivity index (χ3n) is 4.40. The monoisotopic (exact) mass is 418 g/mol. The maximum absolute atomic E-state index is 13.1. The number of hydrogen-bond acceptors (Lipinski definition) is 6. The van der Waals surface area contributed by atoms with Crippen molar-refractivity contribution < 1.29 is 18.8 Å². The molecule has 6 nitrogen and oxygen atoms in total. The Morgan fingerprint density at radius 2 is 1.96 bits per heavy atom. The predicted molar refractivity (Wildman–Crippen MR) is 109 cm³/mol. The zero-order valence-electron chi connectivity index (χ0n) is 15.9. The molecule has 28 heavy (non-hydrogen) atoms. The number of benzene rings is 1. The first-order chi connectivity index (χ1) is 13.4. The first kappa shape index (κ1) is 20.1. The number of halogens is 1. The topological polar surface area (TPSA) is 81.4 Å². The summed E-state index contributed by atoms with van der Waals surface area (Å²) in [6, 6.07) is 7.08. The molecule has 3 rings (SSSR count). The predicted octanol–water partition coefficient (Wildman–Crippen LogP) is 5.27. The Hall–Kier alpha value is -2.64. The van der Waals surface area contributed by atoms with Crippen molar-refractivity contribution in [3.63, 3.8) is 0 Å². The Morgan fingerprint density at radius 3 is 2.61 bits per heavy atom. The van der Waals surface area contributed by atoms with E-state index in [0.29, 0.717) is 39.0 Å². The molecule has 0 saturated carbocycles. The summed E-state index contributed by atoms with van der Waals surface area (Å²) in [6.45, 7) is 5.51. The molecule has 146 valence electrons. The molecule has 0 aliphatic heterocycles. The maximum atomic E-state index is 13.1. The van der Waals surface area contributed by atoms with E-state index in [1.807, 2.05) is 13.8 Å². The third kappa shape index (κ3) is 3.55. The second kappa shape index (κ2) is 8.16. The van der Waals surface area contributed by atoms with E-state index >= 15 is 0 Å². The minimum Gasteiger partial charge on any atom is -0.465 e. The quantitative estimate of drug-likeness (QED) is 0.570. The van der Waals surface area contributed by atoms with E-state index < -0.39 is 11.9 Å². The van der Waals surface area contributed by atoms with Crippen molar-refractivity contribution in [3.8, 4) is 11.3 Å². The summed E-state index contributed by atoms with van der Waals surface area (Å²) in [4.78, 5) is 26.3. The summed E-state index contributed by atoms with van der Waals surface area (Å²) < 4.78 is 10.2. The number of rotatable bonds is 5. The minimum absolute atomic E-state index is 0.271. The van der Waals surface area contributed by atoms with Crippen LogP contribution in [0.5, 0.6) is 0 Å². The fourth-order valence-electron chi connectivity index (χ4n) is 3.05. The highest BCUT2D eigenvalue weighted by molar-refractivity contribution is 7.16. The second-order valence-corrected chi connectivity index (χ2v) is 7.71. The van der Waals surface area contributed by atoms with E-state index in [2.05, 4.69) is 10.5 Å². The summed E-state index contributed by atoms with van der Waals surface area (Å²) in [7, 11) is 1.32. The molecular formula is C20H19ClN2O4S. The van der Waals surface area contributed by atoms with E-state index in [0.717, 1.165) is 10.4 Å². The van der Waals surface area contributed by atoms with Crippen LogP contribution in [0, 0.1) is 13.8 Å². The molecule has 0 atom stereocenters. The van der Waals surface area contributed by atoms with E-state index in [9.17, 15) is 9.59 Å². The molecule has 2 heterocycles. The second-order valence-electron chi connectivity index (χ2n) is 6.08. The van der Waals surface area contributed by atoms with Crippen LogP contribution < -0.4 is 5.32 Å². The van der Waals surface area contributed by atoms with Crippen molar-refractivity contribution in [2.24, 2.45) is 0 Å². The highest BCUT2D eigenvalue weighted by atomic mass is 35.5. The lowest BCUT2D eigenvalue weighted by Gasteiger charge is -2.08. The van der Waals surface area contributed by atoms with Gasteiger partial charge in [0.15, 0.2) is 0 Å². The Kier molecular flexibility index (Phi) is 5.86. The summed E-state index contributed by atoms with van der Waals surface area (Å²) >= 11 is 7.60. The molecule has 0 unspecified atom stereocenters. The average Bonchev–Trinajstić information content (AvgIpc) is 3.20. The number of aryl methyl sites for hydroxylation is 2. The van der Waals surface area contributed by atoms with E-state index in [-0.39, 0.29) is 5.56 Å². The molecular weight excluding hydrogens is 400 g/mol. The average molecular weight is 419 g/mol. The SMILES string of the molecule is CCc1c(C)sc(NC(=O)c2c(-c3ccccc3Cl)noc2C)c1C(=O)OC. The van der Waals surface area contributed by atoms with Crippen molar-refractivity contribution in [1.29, 1.82) is 0 Å². The number of carbonyl (C=O) groups excluding carboxylic acids is 2. The number of aromatic nitrogens is 1. The fourth-order valence-corrected chi connectivity index (χ4v) is 4.41. The smallest absolute Gasteiger partial charge is 0.341 e. The van der Waals surface area contributed by atoms with Gasteiger partial charge in [-0.1, -0.05) is 41.9 Å². The molecule has 0 radical (unpaired) electrons. The van der Waals surface area contributed by atoms with Crippen LogP contribution >= 0.6 is 22.9 Å². The highest BCUT2D eigenvalue weighted by Gasteiger charge is 2.27. The normalized spacial score (nSPS) is 10.8. The van der Waals surface area contributed by atoms with Gasteiger partial charge in [-0.15, -0.1) is 11.3 Å². The number of esters is 1.